The highest BCUT2D eigenvalue weighted by Crippen LogP contribution is 2.28. The van der Waals surface area contributed by atoms with Gasteiger partial charge in [0.05, 0.1) is 19.3 Å². The van der Waals surface area contributed by atoms with Gasteiger partial charge in [-0.1, -0.05) is 12.8 Å². The molecule has 0 spiro atoms. The fourth-order valence-corrected chi connectivity index (χ4v) is 2.95. The van der Waals surface area contributed by atoms with Crippen LogP contribution in [0, 0.1) is 0 Å². The molecular formula is C14H26N2O2. The summed E-state index contributed by atoms with van der Waals surface area (Å²) in [4.78, 5) is 16.4. The van der Waals surface area contributed by atoms with Gasteiger partial charge in [0.15, 0.2) is 0 Å². The molecule has 0 unspecified atom stereocenters. The van der Waals surface area contributed by atoms with Gasteiger partial charge in [-0.3, -0.25) is 9.69 Å². The molecule has 2 fully saturated rings. The molecule has 0 aromatic carbocycles. The molecule has 2 atom stereocenters. The second kappa shape index (κ2) is 6.02. The molecule has 1 heterocycles. The van der Waals surface area contributed by atoms with Crippen LogP contribution < -0.4 is 0 Å². The van der Waals surface area contributed by atoms with Crippen LogP contribution in [0.15, 0.2) is 0 Å². The largest absolute Gasteiger partial charge is 0.375 e. The Kier molecular flexibility index (Phi) is 4.62. The zero-order valence-electron chi connectivity index (χ0n) is 11.9. The lowest BCUT2D eigenvalue weighted by Crippen LogP contribution is -2.55. The summed E-state index contributed by atoms with van der Waals surface area (Å²) in [6, 6.07) is 0.748. The molecule has 4 nitrogen and oxygen atoms in total. The van der Waals surface area contributed by atoms with E-state index >= 15 is 0 Å². The second-order valence-electron chi connectivity index (χ2n) is 5.83. The predicted octanol–water partition coefficient (Wildman–Crippen LogP) is 1.50. The summed E-state index contributed by atoms with van der Waals surface area (Å²) in [6.07, 6.45) is 5.26. The van der Waals surface area contributed by atoms with Crippen molar-refractivity contribution in [1.29, 1.82) is 0 Å². The Morgan fingerprint density at radius 2 is 2.11 bits per heavy atom. The third kappa shape index (κ3) is 3.04. The SMILES string of the molecule is CC(C)N(C)C(=O)CN1CCO[C@H]2CCCC[C@@H]21. The van der Waals surface area contributed by atoms with Crippen LogP contribution in [-0.4, -0.2) is 60.6 Å². The number of rotatable bonds is 3. The van der Waals surface area contributed by atoms with E-state index in [0.717, 1.165) is 19.6 Å². The third-order valence-electron chi connectivity index (χ3n) is 4.35. The average Bonchev–Trinajstić information content (AvgIpc) is 2.38. The van der Waals surface area contributed by atoms with E-state index in [4.69, 9.17) is 4.74 Å². The molecule has 2 rings (SSSR count). The van der Waals surface area contributed by atoms with Crippen molar-refractivity contribution in [2.24, 2.45) is 0 Å². The van der Waals surface area contributed by atoms with Crippen LogP contribution >= 0.6 is 0 Å². The smallest absolute Gasteiger partial charge is 0.236 e. The molecule has 18 heavy (non-hydrogen) atoms. The number of hydrogen-bond donors (Lipinski definition) is 0. The minimum Gasteiger partial charge on any atom is -0.375 e. The number of likely N-dealkylation sites (N-methyl/N-ethyl adjacent to an activating group) is 1. The predicted molar refractivity (Wildman–Crippen MR) is 71.5 cm³/mol. The number of ether oxygens (including phenoxy) is 1. The number of carbonyl (C=O) groups excluding carboxylic acids is 1. The number of hydrogen-bond acceptors (Lipinski definition) is 3. The maximum Gasteiger partial charge on any atom is 0.236 e. The van der Waals surface area contributed by atoms with E-state index in [9.17, 15) is 4.79 Å². The Hall–Kier alpha value is -0.610. The lowest BCUT2D eigenvalue weighted by Gasteiger charge is -2.44. The minimum atomic E-state index is 0.233. The summed E-state index contributed by atoms with van der Waals surface area (Å²) in [6.45, 7) is 6.35. The number of morpholine rings is 1. The van der Waals surface area contributed by atoms with Gasteiger partial charge in [-0.2, -0.15) is 0 Å². The first-order chi connectivity index (χ1) is 8.59. The summed E-state index contributed by atoms with van der Waals surface area (Å²) in [5.74, 6) is 0.233. The third-order valence-corrected chi connectivity index (χ3v) is 4.35. The Balaban J connectivity index is 1.93. The maximum absolute atomic E-state index is 12.2. The molecule has 104 valence electrons. The van der Waals surface area contributed by atoms with Crippen LogP contribution in [0.4, 0.5) is 0 Å². The molecule has 0 N–H and O–H groups in total. The van der Waals surface area contributed by atoms with Crippen LogP contribution in [-0.2, 0) is 9.53 Å². The van der Waals surface area contributed by atoms with Gasteiger partial charge < -0.3 is 9.64 Å². The molecular weight excluding hydrogens is 228 g/mol. The van der Waals surface area contributed by atoms with Gasteiger partial charge in [-0.25, -0.2) is 0 Å². The summed E-state index contributed by atoms with van der Waals surface area (Å²) < 4.78 is 5.84. The van der Waals surface area contributed by atoms with Gasteiger partial charge in [-0.15, -0.1) is 0 Å². The number of carbonyl (C=O) groups is 1. The van der Waals surface area contributed by atoms with E-state index in [2.05, 4.69) is 18.7 Å². The Morgan fingerprint density at radius 3 is 2.83 bits per heavy atom. The summed E-state index contributed by atoms with van der Waals surface area (Å²) in [5, 5.41) is 0. The number of amides is 1. The molecule has 0 radical (unpaired) electrons. The van der Waals surface area contributed by atoms with E-state index in [1.807, 2.05) is 11.9 Å². The highest BCUT2D eigenvalue weighted by Gasteiger charge is 2.35. The quantitative estimate of drug-likeness (QED) is 0.765. The molecule has 1 aliphatic heterocycles. The monoisotopic (exact) mass is 254 g/mol. The van der Waals surface area contributed by atoms with Crippen molar-refractivity contribution < 1.29 is 9.53 Å². The Bertz CT molecular complexity index is 292. The highest BCUT2D eigenvalue weighted by molar-refractivity contribution is 5.78. The fraction of sp³-hybridized carbons (Fsp3) is 0.929. The summed E-state index contributed by atoms with van der Waals surface area (Å²) in [5.41, 5.74) is 0. The number of nitrogens with zero attached hydrogens (tertiary/aromatic N) is 2. The van der Waals surface area contributed by atoms with Crippen molar-refractivity contribution in [3.05, 3.63) is 0 Å². The lowest BCUT2D eigenvalue weighted by atomic mass is 9.90. The van der Waals surface area contributed by atoms with Crippen LogP contribution in [0.5, 0.6) is 0 Å². The standard InChI is InChI=1S/C14H26N2O2/c1-11(2)15(3)14(17)10-16-8-9-18-13-7-5-4-6-12(13)16/h11-13H,4-10H2,1-3H3/t12-,13-/m0/s1. The molecule has 0 aromatic heterocycles. The van der Waals surface area contributed by atoms with Crippen LogP contribution in [0.3, 0.4) is 0 Å². The molecule has 4 heteroatoms. The van der Waals surface area contributed by atoms with Gasteiger partial charge in [0.1, 0.15) is 0 Å². The van der Waals surface area contributed by atoms with Crippen molar-refractivity contribution in [2.45, 2.75) is 57.7 Å². The van der Waals surface area contributed by atoms with Gasteiger partial charge in [-0.05, 0) is 26.7 Å². The van der Waals surface area contributed by atoms with Gasteiger partial charge in [0.2, 0.25) is 5.91 Å². The van der Waals surface area contributed by atoms with Gasteiger partial charge >= 0.3 is 0 Å². The zero-order valence-corrected chi connectivity index (χ0v) is 11.9. The fourth-order valence-electron chi connectivity index (χ4n) is 2.95. The van der Waals surface area contributed by atoms with Crippen molar-refractivity contribution in [3.8, 4) is 0 Å². The van der Waals surface area contributed by atoms with E-state index in [0.29, 0.717) is 18.7 Å². The highest BCUT2D eigenvalue weighted by atomic mass is 16.5. The summed E-state index contributed by atoms with van der Waals surface area (Å²) >= 11 is 0. The van der Waals surface area contributed by atoms with E-state index in [1.54, 1.807) is 0 Å². The second-order valence-corrected chi connectivity index (χ2v) is 5.83. The zero-order chi connectivity index (χ0) is 13.1. The Morgan fingerprint density at radius 1 is 1.39 bits per heavy atom. The first-order valence-corrected chi connectivity index (χ1v) is 7.21. The first kappa shape index (κ1) is 13.8. The van der Waals surface area contributed by atoms with Gasteiger partial charge in [0, 0.05) is 25.7 Å². The average molecular weight is 254 g/mol. The molecule has 1 saturated heterocycles. The van der Waals surface area contributed by atoms with Crippen LogP contribution in [0.1, 0.15) is 39.5 Å². The molecule has 2 aliphatic rings. The molecule has 1 amide bonds. The molecule has 0 bridgehead atoms. The minimum absolute atomic E-state index is 0.233. The van der Waals surface area contributed by atoms with Crippen LogP contribution in [0.25, 0.3) is 0 Å². The topological polar surface area (TPSA) is 32.8 Å². The normalized spacial score (nSPS) is 29.1. The molecule has 0 aromatic rings. The van der Waals surface area contributed by atoms with Crippen molar-refractivity contribution in [3.63, 3.8) is 0 Å². The van der Waals surface area contributed by atoms with Crippen LogP contribution in [0.2, 0.25) is 0 Å². The van der Waals surface area contributed by atoms with Gasteiger partial charge in [0.25, 0.3) is 0 Å². The molecule has 1 aliphatic carbocycles. The number of fused-ring (bicyclic) bond motifs is 1. The van der Waals surface area contributed by atoms with E-state index in [-0.39, 0.29) is 11.9 Å². The summed E-state index contributed by atoms with van der Waals surface area (Å²) in [7, 11) is 1.89. The van der Waals surface area contributed by atoms with Crippen molar-refractivity contribution >= 4 is 5.91 Å². The first-order valence-electron chi connectivity index (χ1n) is 7.21. The van der Waals surface area contributed by atoms with Crippen molar-refractivity contribution in [1.82, 2.24) is 9.80 Å². The maximum atomic E-state index is 12.2. The van der Waals surface area contributed by atoms with E-state index in [1.165, 1.54) is 19.3 Å². The van der Waals surface area contributed by atoms with Crippen molar-refractivity contribution in [2.75, 3.05) is 26.7 Å². The molecule has 1 saturated carbocycles. The lowest BCUT2D eigenvalue weighted by molar-refractivity contribution is -0.139. The Labute approximate surface area is 110 Å². The van der Waals surface area contributed by atoms with E-state index < -0.39 is 0 Å².